The molecule has 4 heteroatoms. The fourth-order valence-corrected chi connectivity index (χ4v) is 4.65. The first-order chi connectivity index (χ1) is 6.02. The second kappa shape index (κ2) is 2.67. The lowest BCUT2D eigenvalue weighted by atomic mass is 9.85. The molecule has 1 aliphatic heterocycles. The van der Waals surface area contributed by atoms with Crippen molar-refractivity contribution in [1.29, 1.82) is 0 Å². The Morgan fingerprint density at radius 3 is 2.77 bits per heavy atom. The van der Waals surface area contributed by atoms with Crippen LogP contribution in [0.25, 0.3) is 0 Å². The number of fused-ring (bicyclic) bond motifs is 1. The molecule has 1 heterocycles. The highest BCUT2D eigenvalue weighted by Gasteiger charge is 2.48. The molecule has 0 aromatic rings. The Hall–Kier alpha value is -0.640. The molecule has 2 aliphatic rings. The molecule has 1 saturated heterocycles. The SMILES string of the molecule is CC1C=CCC2C(=O)CS(=O)(=O)C12. The van der Waals surface area contributed by atoms with E-state index >= 15 is 0 Å². The summed E-state index contributed by atoms with van der Waals surface area (Å²) in [6, 6.07) is 0. The van der Waals surface area contributed by atoms with E-state index in [1.807, 2.05) is 19.1 Å². The van der Waals surface area contributed by atoms with Crippen LogP contribution < -0.4 is 0 Å². The quantitative estimate of drug-likeness (QED) is 0.537. The van der Waals surface area contributed by atoms with Crippen LogP contribution >= 0.6 is 0 Å². The number of allylic oxidation sites excluding steroid dienone is 2. The van der Waals surface area contributed by atoms with Crippen LogP contribution in [0.3, 0.4) is 0 Å². The van der Waals surface area contributed by atoms with Crippen molar-refractivity contribution < 1.29 is 13.2 Å². The first-order valence-electron chi connectivity index (χ1n) is 4.43. The maximum Gasteiger partial charge on any atom is 0.161 e. The summed E-state index contributed by atoms with van der Waals surface area (Å²) in [5.74, 6) is -0.602. The van der Waals surface area contributed by atoms with Crippen LogP contribution in [-0.2, 0) is 14.6 Å². The molecule has 0 amide bonds. The third-order valence-corrected chi connectivity index (χ3v) is 5.19. The summed E-state index contributed by atoms with van der Waals surface area (Å²) < 4.78 is 23.1. The van der Waals surface area contributed by atoms with Crippen molar-refractivity contribution >= 4 is 15.6 Å². The Morgan fingerprint density at radius 2 is 2.15 bits per heavy atom. The van der Waals surface area contributed by atoms with E-state index in [1.54, 1.807) is 0 Å². The average molecular weight is 200 g/mol. The maximum atomic E-state index is 11.6. The third-order valence-electron chi connectivity index (χ3n) is 2.92. The van der Waals surface area contributed by atoms with Crippen molar-refractivity contribution in [3.8, 4) is 0 Å². The van der Waals surface area contributed by atoms with Gasteiger partial charge in [-0.3, -0.25) is 4.79 Å². The minimum Gasteiger partial charge on any atom is -0.298 e. The number of hydrogen-bond acceptors (Lipinski definition) is 3. The number of sulfone groups is 1. The molecule has 2 rings (SSSR count). The van der Waals surface area contributed by atoms with E-state index in [1.165, 1.54) is 0 Å². The lowest BCUT2D eigenvalue weighted by molar-refractivity contribution is -0.119. The van der Waals surface area contributed by atoms with Crippen molar-refractivity contribution in [2.45, 2.75) is 18.6 Å². The third kappa shape index (κ3) is 1.24. The van der Waals surface area contributed by atoms with E-state index in [0.717, 1.165) is 0 Å². The highest BCUT2D eigenvalue weighted by atomic mass is 32.2. The van der Waals surface area contributed by atoms with Crippen molar-refractivity contribution in [1.82, 2.24) is 0 Å². The van der Waals surface area contributed by atoms with Crippen molar-refractivity contribution in [2.75, 3.05) is 5.75 Å². The van der Waals surface area contributed by atoms with Gasteiger partial charge >= 0.3 is 0 Å². The molecule has 3 nitrogen and oxygen atoms in total. The number of carbonyl (C=O) groups is 1. The van der Waals surface area contributed by atoms with Crippen LogP contribution in [0, 0.1) is 11.8 Å². The molecular formula is C9H12O3S. The van der Waals surface area contributed by atoms with Gasteiger partial charge in [-0.05, 0) is 12.3 Å². The van der Waals surface area contributed by atoms with E-state index in [0.29, 0.717) is 6.42 Å². The molecule has 3 unspecified atom stereocenters. The Balaban J connectivity index is 2.47. The second-order valence-corrected chi connectivity index (χ2v) is 6.03. The van der Waals surface area contributed by atoms with Gasteiger partial charge in [0.1, 0.15) is 5.75 Å². The summed E-state index contributed by atoms with van der Waals surface area (Å²) >= 11 is 0. The first kappa shape index (κ1) is 8.94. The van der Waals surface area contributed by atoms with Gasteiger partial charge in [0.05, 0.1) is 5.25 Å². The van der Waals surface area contributed by atoms with E-state index in [2.05, 4.69) is 0 Å². The second-order valence-electron chi connectivity index (χ2n) is 3.87. The van der Waals surface area contributed by atoms with E-state index < -0.39 is 15.1 Å². The molecule has 0 saturated carbocycles. The van der Waals surface area contributed by atoms with Crippen LogP contribution in [0.4, 0.5) is 0 Å². The predicted octanol–water partition coefficient (Wildman–Crippen LogP) is 0.565. The predicted molar refractivity (Wildman–Crippen MR) is 49.0 cm³/mol. The summed E-state index contributed by atoms with van der Waals surface area (Å²) in [6.07, 6.45) is 4.43. The van der Waals surface area contributed by atoms with Crippen LogP contribution in [0.5, 0.6) is 0 Å². The zero-order valence-corrected chi connectivity index (χ0v) is 8.25. The van der Waals surface area contributed by atoms with Crippen LogP contribution in [-0.4, -0.2) is 25.2 Å². The fraction of sp³-hybridized carbons (Fsp3) is 0.667. The van der Waals surface area contributed by atoms with Gasteiger partial charge in [-0.15, -0.1) is 0 Å². The van der Waals surface area contributed by atoms with Gasteiger partial charge in [0.15, 0.2) is 15.6 Å². The zero-order chi connectivity index (χ0) is 9.64. The number of hydrogen-bond donors (Lipinski definition) is 0. The lowest BCUT2D eigenvalue weighted by Crippen LogP contribution is -2.31. The van der Waals surface area contributed by atoms with E-state index in [-0.39, 0.29) is 23.4 Å². The highest BCUT2D eigenvalue weighted by Crippen LogP contribution is 2.36. The molecule has 13 heavy (non-hydrogen) atoms. The van der Waals surface area contributed by atoms with E-state index in [4.69, 9.17) is 0 Å². The van der Waals surface area contributed by atoms with Crippen LogP contribution in [0.2, 0.25) is 0 Å². The van der Waals surface area contributed by atoms with Crippen molar-refractivity contribution in [3.63, 3.8) is 0 Å². The summed E-state index contributed by atoms with van der Waals surface area (Å²) in [6.45, 7) is 1.86. The number of carbonyl (C=O) groups excluding carboxylic acids is 1. The normalized spacial score (nSPS) is 41.9. The van der Waals surface area contributed by atoms with Gasteiger partial charge in [0, 0.05) is 5.92 Å². The van der Waals surface area contributed by atoms with Crippen molar-refractivity contribution in [3.05, 3.63) is 12.2 Å². The van der Waals surface area contributed by atoms with Gasteiger partial charge in [-0.25, -0.2) is 8.42 Å². The Labute approximate surface area is 77.7 Å². The van der Waals surface area contributed by atoms with Gasteiger partial charge in [0.25, 0.3) is 0 Å². The summed E-state index contributed by atoms with van der Waals surface area (Å²) in [7, 11) is -3.15. The smallest absolute Gasteiger partial charge is 0.161 e. The van der Waals surface area contributed by atoms with Crippen LogP contribution in [0.1, 0.15) is 13.3 Å². The molecule has 0 N–H and O–H groups in total. The number of ketones is 1. The summed E-state index contributed by atoms with van der Waals surface area (Å²) in [4.78, 5) is 11.4. The minimum absolute atomic E-state index is 0.00444. The number of rotatable bonds is 0. The molecule has 1 aliphatic carbocycles. The van der Waals surface area contributed by atoms with Crippen LogP contribution in [0.15, 0.2) is 12.2 Å². The molecule has 0 aromatic carbocycles. The molecule has 0 aromatic heterocycles. The summed E-state index contributed by atoms with van der Waals surface area (Å²) in [5, 5.41) is -0.440. The average Bonchev–Trinajstić information content (AvgIpc) is 2.24. The van der Waals surface area contributed by atoms with Gasteiger partial charge in [-0.1, -0.05) is 19.1 Å². The van der Waals surface area contributed by atoms with Gasteiger partial charge < -0.3 is 0 Å². The molecule has 0 spiro atoms. The molecule has 1 fully saturated rings. The van der Waals surface area contributed by atoms with Crippen molar-refractivity contribution in [2.24, 2.45) is 11.8 Å². The Bertz CT molecular complexity index is 366. The molecule has 0 radical (unpaired) electrons. The minimum atomic E-state index is -3.15. The van der Waals surface area contributed by atoms with E-state index in [9.17, 15) is 13.2 Å². The monoisotopic (exact) mass is 200 g/mol. The largest absolute Gasteiger partial charge is 0.298 e. The Kier molecular flexibility index (Phi) is 1.84. The van der Waals surface area contributed by atoms with Gasteiger partial charge in [0.2, 0.25) is 0 Å². The summed E-state index contributed by atoms with van der Waals surface area (Å²) in [5.41, 5.74) is 0. The number of Topliss-reactive ketones (excluding diaryl/α,β-unsaturated/α-hetero) is 1. The fourth-order valence-electron chi connectivity index (χ4n) is 2.34. The maximum absolute atomic E-state index is 11.6. The zero-order valence-electron chi connectivity index (χ0n) is 7.43. The molecule has 72 valence electrons. The molecular weight excluding hydrogens is 188 g/mol. The molecule has 3 atom stereocenters. The molecule has 0 bridgehead atoms. The first-order valence-corrected chi connectivity index (χ1v) is 6.15. The topological polar surface area (TPSA) is 51.2 Å². The Morgan fingerprint density at radius 1 is 1.46 bits per heavy atom. The standard InChI is InChI=1S/C9H12O3S/c1-6-3-2-4-7-8(10)5-13(11,12)9(6)7/h2-3,6-7,9H,4-5H2,1H3. The van der Waals surface area contributed by atoms with Gasteiger partial charge in [-0.2, -0.15) is 0 Å². The lowest BCUT2D eigenvalue weighted by Gasteiger charge is -2.24. The highest BCUT2D eigenvalue weighted by molar-refractivity contribution is 7.93.